The number of pyridine rings is 1. The van der Waals surface area contributed by atoms with Crippen LogP contribution < -0.4 is 16.2 Å². The second-order valence-electron chi connectivity index (χ2n) is 4.36. The second kappa shape index (κ2) is 6.16. The Hall–Kier alpha value is -2.40. The Bertz CT molecular complexity index is 626. The number of nitrogens with two attached hydrogens (primary N) is 1. The molecule has 1 aromatic carbocycles. The van der Waals surface area contributed by atoms with E-state index in [1.165, 1.54) is 18.3 Å². The molecule has 2 aromatic rings. The number of amides is 1. The van der Waals surface area contributed by atoms with E-state index >= 15 is 0 Å². The molecule has 0 fully saturated rings. The maximum Gasteiger partial charge on any atom is 0.259 e. The second-order valence-corrected chi connectivity index (χ2v) is 4.36. The van der Waals surface area contributed by atoms with Crippen molar-refractivity contribution in [3.8, 4) is 0 Å². The monoisotopic (exact) mass is 271 g/mol. The van der Waals surface area contributed by atoms with Gasteiger partial charge in [0.25, 0.3) is 5.91 Å². The number of aromatic nitrogens is 1. The van der Waals surface area contributed by atoms with Crippen molar-refractivity contribution in [1.82, 2.24) is 4.98 Å². The van der Waals surface area contributed by atoms with E-state index in [1.807, 2.05) is 31.2 Å². The molecule has 2 rings (SSSR count). The number of carbonyl (C=O) groups is 1. The van der Waals surface area contributed by atoms with Crippen molar-refractivity contribution in [1.29, 1.82) is 0 Å². The molecule has 104 valence electrons. The number of rotatable bonds is 4. The fourth-order valence-electron chi connectivity index (χ4n) is 1.95. The minimum absolute atomic E-state index is 0.149. The summed E-state index contributed by atoms with van der Waals surface area (Å²) in [7, 11) is 0. The molecule has 1 amide bonds. The number of carbonyl (C=O) groups excluding carboxylic acids is 1. The van der Waals surface area contributed by atoms with Gasteiger partial charge in [0.05, 0.1) is 5.56 Å². The van der Waals surface area contributed by atoms with Gasteiger partial charge in [-0.15, -0.1) is 0 Å². The third-order valence-corrected chi connectivity index (χ3v) is 3.08. The van der Waals surface area contributed by atoms with Gasteiger partial charge >= 0.3 is 0 Å². The zero-order valence-corrected chi connectivity index (χ0v) is 11.3. The first-order valence-corrected chi connectivity index (χ1v) is 6.45. The van der Waals surface area contributed by atoms with Gasteiger partial charge in [0.15, 0.2) is 0 Å². The van der Waals surface area contributed by atoms with Crippen LogP contribution in [0.4, 0.5) is 5.69 Å². The van der Waals surface area contributed by atoms with Crippen LogP contribution in [0, 0.1) is 0 Å². The van der Waals surface area contributed by atoms with Gasteiger partial charge in [-0.2, -0.15) is 0 Å². The molecular formula is C15H17N3O2. The summed E-state index contributed by atoms with van der Waals surface area (Å²) in [6.45, 7) is 2.92. The number of anilines is 1. The molecule has 5 nitrogen and oxygen atoms in total. The largest absolute Gasteiger partial charge is 0.328 e. The molecule has 5 heteroatoms. The maximum atomic E-state index is 12.4. The molecule has 1 heterocycles. The summed E-state index contributed by atoms with van der Waals surface area (Å²) in [6.07, 6.45) is 1.43. The highest BCUT2D eigenvalue weighted by Crippen LogP contribution is 2.17. The molecule has 0 aliphatic rings. The molecule has 0 aliphatic heterocycles. The smallest absolute Gasteiger partial charge is 0.259 e. The van der Waals surface area contributed by atoms with Gasteiger partial charge < -0.3 is 15.6 Å². The van der Waals surface area contributed by atoms with E-state index in [4.69, 9.17) is 5.73 Å². The van der Waals surface area contributed by atoms with Crippen LogP contribution in [-0.2, 0) is 6.54 Å². The Kier molecular flexibility index (Phi) is 4.32. The van der Waals surface area contributed by atoms with Crippen LogP contribution in [0.3, 0.4) is 0 Å². The van der Waals surface area contributed by atoms with Gasteiger partial charge in [0.1, 0.15) is 0 Å². The molecule has 0 aliphatic carbocycles. The number of hydrogen-bond acceptors (Lipinski definition) is 3. The zero-order chi connectivity index (χ0) is 14.5. The van der Waals surface area contributed by atoms with E-state index in [-0.39, 0.29) is 11.5 Å². The Morgan fingerprint density at radius 2 is 1.90 bits per heavy atom. The molecule has 0 saturated carbocycles. The van der Waals surface area contributed by atoms with Crippen molar-refractivity contribution < 1.29 is 4.79 Å². The summed E-state index contributed by atoms with van der Waals surface area (Å²) >= 11 is 0. The van der Waals surface area contributed by atoms with Crippen LogP contribution in [0.25, 0.3) is 0 Å². The number of nitrogens with zero attached hydrogens (tertiary/aromatic N) is 1. The van der Waals surface area contributed by atoms with Crippen LogP contribution in [0.15, 0.2) is 47.4 Å². The normalized spacial score (nSPS) is 10.3. The summed E-state index contributed by atoms with van der Waals surface area (Å²) in [5, 5.41) is 0. The minimum atomic E-state index is -0.225. The van der Waals surface area contributed by atoms with E-state index in [9.17, 15) is 9.59 Å². The van der Waals surface area contributed by atoms with Crippen LogP contribution in [0.1, 0.15) is 22.8 Å². The lowest BCUT2D eigenvalue weighted by Gasteiger charge is -2.21. The van der Waals surface area contributed by atoms with E-state index in [0.29, 0.717) is 18.7 Å². The van der Waals surface area contributed by atoms with Crippen LogP contribution in [0.5, 0.6) is 0 Å². The third-order valence-electron chi connectivity index (χ3n) is 3.08. The fraction of sp³-hybridized carbons (Fsp3) is 0.200. The lowest BCUT2D eigenvalue weighted by Crippen LogP contribution is -2.31. The predicted octanol–water partition coefficient (Wildman–Crippen LogP) is 1.50. The van der Waals surface area contributed by atoms with Gasteiger partial charge in [-0.1, -0.05) is 12.1 Å². The average molecular weight is 271 g/mol. The van der Waals surface area contributed by atoms with Gasteiger partial charge in [0, 0.05) is 31.0 Å². The molecule has 0 atom stereocenters. The van der Waals surface area contributed by atoms with Crippen LogP contribution >= 0.6 is 0 Å². The highest BCUT2D eigenvalue weighted by molar-refractivity contribution is 6.05. The Balaban J connectivity index is 2.28. The SMILES string of the molecule is CCN(C(=O)c1ccc(=O)[nH]c1)c1ccc(CN)cc1. The maximum absolute atomic E-state index is 12.4. The fourth-order valence-corrected chi connectivity index (χ4v) is 1.95. The molecule has 0 saturated heterocycles. The molecule has 0 unspecified atom stereocenters. The van der Waals surface area contributed by atoms with Crippen molar-refractivity contribution in [2.45, 2.75) is 13.5 Å². The molecule has 0 spiro atoms. The standard InChI is InChI=1S/C15H17N3O2/c1-2-18(13-6-3-11(9-16)4-7-13)15(20)12-5-8-14(19)17-10-12/h3-8,10H,2,9,16H2,1H3,(H,17,19). The average Bonchev–Trinajstić information content (AvgIpc) is 2.49. The van der Waals surface area contributed by atoms with Crippen molar-refractivity contribution in [2.24, 2.45) is 5.73 Å². The third kappa shape index (κ3) is 2.95. The highest BCUT2D eigenvalue weighted by Gasteiger charge is 2.15. The van der Waals surface area contributed by atoms with Crippen molar-refractivity contribution in [3.63, 3.8) is 0 Å². The molecule has 3 N–H and O–H groups in total. The van der Waals surface area contributed by atoms with E-state index < -0.39 is 0 Å². The minimum Gasteiger partial charge on any atom is -0.328 e. The van der Waals surface area contributed by atoms with E-state index in [2.05, 4.69) is 4.98 Å². The highest BCUT2D eigenvalue weighted by atomic mass is 16.2. The summed E-state index contributed by atoms with van der Waals surface area (Å²) in [6, 6.07) is 10.4. The first-order valence-electron chi connectivity index (χ1n) is 6.45. The number of benzene rings is 1. The summed E-state index contributed by atoms with van der Waals surface area (Å²) in [5.41, 5.74) is 7.61. The van der Waals surface area contributed by atoms with Crippen molar-refractivity contribution in [3.05, 3.63) is 64.1 Å². The first-order chi connectivity index (χ1) is 9.65. The molecule has 0 radical (unpaired) electrons. The molecule has 20 heavy (non-hydrogen) atoms. The first kappa shape index (κ1) is 14.0. The summed E-state index contributed by atoms with van der Waals surface area (Å²) in [4.78, 5) is 27.6. The van der Waals surface area contributed by atoms with Gasteiger partial charge in [0.2, 0.25) is 5.56 Å². The zero-order valence-electron chi connectivity index (χ0n) is 11.3. The summed E-state index contributed by atoms with van der Waals surface area (Å²) in [5.74, 6) is -0.149. The van der Waals surface area contributed by atoms with Crippen molar-refractivity contribution in [2.75, 3.05) is 11.4 Å². The quantitative estimate of drug-likeness (QED) is 0.884. The molecular weight excluding hydrogens is 254 g/mol. The number of nitrogens with one attached hydrogen (secondary N) is 1. The Morgan fingerprint density at radius 3 is 2.40 bits per heavy atom. The van der Waals surface area contributed by atoms with Gasteiger partial charge in [-0.3, -0.25) is 9.59 Å². The topological polar surface area (TPSA) is 79.2 Å². The van der Waals surface area contributed by atoms with Crippen LogP contribution in [-0.4, -0.2) is 17.4 Å². The lowest BCUT2D eigenvalue weighted by molar-refractivity contribution is 0.0988. The van der Waals surface area contributed by atoms with Crippen molar-refractivity contribution >= 4 is 11.6 Å². The molecule has 0 bridgehead atoms. The lowest BCUT2D eigenvalue weighted by atomic mass is 10.1. The Labute approximate surface area is 117 Å². The van der Waals surface area contributed by atoms with Gasteiger partial charge in [-0.05, 0) is 30.7 Å². The number of H-pyrrole nitrogens is 1. The predicted molar refractivity (Wildman–Crippen MR) is 78.7 cm³/mol. The summed E-state index contributed by atoms with van der Waals surface area (Å²) < 4.78 is 0. The number of hydrogen-bond donors (Lipinski definition) is 2. The van der Waals surface area contributed by atoms with Crippen LogP contribution in [0.2, 0.25) is 0 Å². The Morgan fingerprint density at radius 1 is 1.20 bits per heavy atom. The number of aromatic amines is 1. The van der Waals surface area contributed by atoms with Gasteiger partial charge in [-0.25, -0.2) is 0 Å². The van der Waals surface area contributed by atoms with E-state index in [0.717, 1.165) is 11.3 Å². The van der Waals surface area contributed by atoms with E-state index in [1.54, 1.807) is 4.90 Å². The molecule has 1 aromatic heterocycles.